The zero-order chi connectivity index (χ0) is 12.3. The lowest BCUT2D eigenvalue weighted by atomic mass is 10.2. The molecule has 2 aromatic rings. The smallest absolute Gasteiger partial charge is 0.258 e. The van der Waals surface area contributed by atoms with E-state index in [1.807, 2.05) is 36.4 Å². The Morgan fingerprint density at radius 1 is 1.29 bits per heavy atom. The highest BCUT2D eigenvalue weighted by Gasteiger charge is 2.13. The van der Waals surface area contributed by atoms with Gasteiger partial charge in [-0.1, -0.05) is 6.07 Å². The molecule has 1 aromatic carbocycles. The number of carbonyl (C=O) groups is 1. The van der Waals surface area contributed by atoms with Crippen molar-refractivity contribution in [2.75, 3.05) is 11.9 Å². The normalized spacial score (nSPS) is 10.0. The van der Waals surface area contributed by atoms with Crippen LogP contribution in [0.15, 0.2) is 48.8 Å². The summed E-state index contributed by atoms with van der Waals surface area (Å²) < 4.78 is 1.05. The molecule has 0 aliphatic rings. The Morgan fingerprint density at radius 3 is 2.76 bits per heavy atom. The Kier molecular flexibility index (Phi) is 3.73. The highest BCUT2D eigenvalue weighted by molar-refractivity contribution is 14.1. The van der Waals surface area contributed by atoms with E-state index in [4.69, 9.17) is 0 Å². The summed E-state index contributed by atoms with van der Waals surface area (Å²) in [6, 6.07) is 11.2. The Labute approximate surface area is 114 Å². The van der Waals surface area contributed by atoms with E-state index in [1.165, 1.54) is 0 Å². The number of anilines is 1. The van der Waals surface area contributed by atoms with Crippen molar-refractivity contribution in [2.45, 2.75) is 0 Å². The Hall–Kier alpha value is -1.43. The first kappa shape index (κ1) is 12.0. The monoisotopic (exact) mass is 338 g/mol. The minimum absolute atomic E-state index is 0.0310. The third-order valence-electron chi connectivity index (χ3n) is 2.41. The highest BCUT2D eigenvalue weighted by atomic mass is 127. The summed E-state index contributed by atoms with van der Waals surface area (Å²) in [5.74, 6) is -0.0310. The molecule has 0 aliphatic carbocycles. The molecule has 0 aliphatic heterocycles. The molecule has 0 N–H and O–H groups in total. The van der Waals surface area contributed by atoms with Crippen LogP contribution in [0.5, 0.6) is 0 Å². The van der Waals surface area contributed by atoms with Gasteiger partial charge in [-0.3, -0.25) is 9.78 Å². The van der Waals surface area contributed by atoms with E-state index < -0.39 is 0 Å². The molecule has 1 amide bonds. The van der Waals surface area contributed by atoms with Crippen LogP contribution in [0.2, 0.25) is 0 Å². The summed E-state index contributed by atoms with van der Waals surface area (Å²) in [6.07, 6.45) is 3.36. The molecule has 0 unspecified atom stereocenters. The number of halogens is 1. The zero-order valence-electron chi connectivity index (χ0n) is 9.30. The maximum atomic E-state index is 12.2. The molecular formula is C13H11IN2O. The Morgan fingerprint density at radius 2 is 2.12 bits per heavy atom. The molecule has 0 spiro atoms. The van der Waals surface area contributed by atoms with Crippen molar-refractivity contribution in [1.29, 1.82) is 0 Å². The number of benzene rings is 1. The Bertz CT molecular complexity index is 528. The summed E-state index contributed by atoms with van der Waals surface area (Å²) in [6.45, 7) is 0. The lowest BCUT2D eigenvalue weighted by Gasteiger charge is -2.16. The van der Waals surface area contributed by atoms with E-state index in [0.29, 0.717) is 5.56 Å². The van der Waals surface area contributed by atoms with E-state index in [2.05, 4.69) is 27.6 Å². The largest absolute Gasteiger partial charge is 0.310 e. The lowest BCUT2D eigenvalue weighted by Crippen LogP contribution is -2.26. The predicted molar refractivity (Wildman–Crippen MR) is 76.1 cm³/mol. The first-order chi connectivity index (χ1) is 8.18. The van der Waals surface area contributed by atoms with Crippen LogP contribution in [-0.2, 0) is 0 Å². The second kappa shape index (κ2) is 5.27. The number of amides is 1. The molecule has 0 saturated carbocycles. The number of carbonyl (C=O) groups excluding carboxylic acids is 1. The third kappa shape index (κ3) is 2.82. The summed E-state index contributed by atoms with van der Waals surface area (Å²) in [5, 5.41) is 0. The van der Waals surface area contributed by atoms with Gasteiger partial charge in [-0.15, -0.1) is 0 Å². The van der Waals surface area contributed by atoms with Crippen molar-refractivity contribution >= 4 is 34.2 Å². The second-order valence-corrected chi connectivity index (χ2v) is 4.83. The number of aromatic nitrogens is 1. The van der Waals surface area contributed by atoms with Gasteiger partial charge in [-0.05, 0) is 52.9 Å². The molecule has 3 nitrogen and oxygen atoms in total. The molecule has 0 saturated heterocycles. The third-order valence-corrected chi connectivity index (χ3v) is 3.08. The van der Waals surface area contributed by atoms with Crippen LogP contribution in [0.25, 0.3) is 0 Å². The topological polar surface area (TPSA) is 33.2 Å². The Balaban J connectivity index is 2.27. The fraction of sp³-hybridized carbons (Fsp3) is 0.0769. The zero-order valence-corrected chi connectivity index (χ0v) is 11.5. The van der Waals surface area contributed by atoms with Crippen molar-refractivity contribution in [3.63, 3.8) is 0 Å². The number of hydrogen-bond acceptors (Lipinski definition) is 2. The first-order valence-electron chi connectivity index (χ1n) is 5.12. The summed E-state index contributed by atoms with van der Waals surface area (Å²) in [7, 11) is 1.75. The van der Waals surface area contributed by atoms with Gasteiger partial charge in [0.05, 0.1) is 11.9 Å². The average molecular weight is 338 g/mol. The quantitative estimate of drug-likeness (QED) is 0.789. The minimum atomic E-state index is -0.0310. The van der Waals surface area contributed by atoms with Crippen molar-refractivity contribution in [3.8, 4) is 0 Å². The molecule has 1 heterocycles. The molecule has 0 radical (unpaired) electrons. The van der Waals surface area contributed by atoms with Crippen molar-refractivity contribution in [3.05, 3.63) is 57.9 Å². The van der Waals surface area contributed by atoms with Crippen LogP contribution >= 0.6 is 22.6 Å². The van der Waals surface area contributed by atoms with Gasteiger partial charge >= 0.3 is 0 Å². The van der Waals surface area contributed by atoms with Crippen molar-refractivity contribution in [2.24, 2.45) is 0 Å². The molecule has 4 heteroatoms. The molecule has 0 bridgehead atoms. The van der Waals surface area contributed by atoms with Crippen LogP contribution in [0.3, 0.4) is 0 Å². The molecule has 17 heavy (non-hydrogen) atoms. The lowest BCUT2D eigenvalue weighted by molar-refractivity contribution is 0.0993. The summed E-state index contributed by atoms with van der Waals surface area (Å²) in [5.41, 5.74) is 1.47. The van der Waals surface area contributed by atoms with Gasteiger partial charge in [-0.2, -0.15) is 0 Å². The predicted octanol–water partition coefficient (Wildman–Crippen LogP) is 2.96. The van der Waals surface area contributed by atoms with Crippen LogP contribution in [0.1, 0.15) is 10.4 Å². The molecule has 0 fully saturated rings. The number of hydrogen-bond donors (Lipinski definition) is 0. The molecular weight excluding hydrogens is 327 g/mol. The maximum absolute atomic E-state index is 12.2. The molecule has 1 aromatic heterocycles. The SMILES string of the molecule is CN(C(=O)c1cccc(I)c1)c1cccnc1. The fourth-order valence-corrected chi connectivity index (χ4v) is 2.03. The molecule has 2 rings (SSSR count). The van der Waals surface area contributed by atoms with E-state index in [-0.39, 0.29) is 5.91 Å². The van der Waals surface area contributed by atoms with E-state index in [1.54, 1.807) is 24.3 Å². The van der Waals surface area contributed by atoms with Gasteiger partial charge in [0.25, 0.3) is 5.91 Å². The van der Waals surface area contributed by atoms with Crippen molar-refractivity contribution < 1.29 is 4.79 Å². The van der Waals surface area contributed by atoms with E-state index in [9.17, 15) is 4.79 Å². The minimum Gasteiger partial charge on any atom is -0.310 e. The second-order valence-electron chi connectivity index (χ2n) is 3.59. The molecule has 0 atom stereocenters. The average Bonchev–Trinajstić information content (AvgIpc) is 2.38. The van der Waals surface area contributed by atoms with Gasteiger partial charge in [0, 0.05) is 22.4 Å². The van der Waals surface area contributed by atoms with Gasteiger partial charge in [0.15, 0.2) is 0 Å². The highest BCUT2D eigenvalue weighted by Crippen LogP contribution is 2.15. The number of nitrogens with zero attached hydrogens (tertiary/aromatic N) is 2. The van der Waals surface area contributed by atoms with Crippen LogP contribution in [-0.4, -0.2) is 17.9 Å². The summed E-state index contributed by atoms with van der Waals surface area (Å²) in [4.78, 5) is 17.8. The number of pyridine rings is 1. The maximum Gasteiger partial charge on any atom is 0.258 e. The van der Waals surface area contributed by atoms with Crippen LogP contribution < -0.4 is 4.90 Å². The van der Waals surface area contributed by atoms with Gasteiger partial charge in [0.2, 0.25) is 0 Å². The van der Waals surface area contributed by atoms with Gasteiger partial charge in [-0.25, -0.2) is 0 Å². The first-order valence-corrected chi connectivity index (χ1v) is 6.20. The number of rotatable bonds is 2. The van der Waals surface area contributed by atoms with Crippen LogP contribution in [0, 0.1) is 3.57 Å². The van der Waals surface area contributed by atoms with Crippen LogP contribution in [0.4, 0.5) is 5.69 Å². The van der Waals surface area contributed by atoms with Gasteiger partial charge in [0.1, 0.15) is 0 Å². The van der Waals surface area contributed by atoms with E-state index >= 15 is 0 Å². The van der Waals surface area contributed by atoms with Gasteiger partial charge < -0.3 is 4.90 Å². The van der Waals surface area contributed by atoms with Crippen molar-refractivity contribution in [1.82, 2.24) is 4.98 Å². The molecule has 86 valence electrons. The fourth-order valence-electron chi connectivity index (χ4n) is 1.48. The standard InChI is InChI=1S/C13H11IN2O/c1-16(12-6-3-7-15-9-12)13(17)10-4-2-5-11(14)8-10/h2-9H,1H3. The summed E-state index contributed by atoms with van der Waals surface area (Å²) >= 11 is 2.19. The van der Waals surface area contributed by atoms with E-state index in [0.717, 1.165) is 9.26 Å².